The number of aliphatic hydroxyl groups is 1. The Kier molecular flexibility index (Phi) is 10.6. The topological polar surface area (TPSA) is 130 Å². The van der Waals surface area contributed by atoms with E-state index in [2.05, 4.69) is 10.3 Å². The van der Waals surface area contributed by atoms with E-state index in [0.29, 0.717) is 37.4 Å². The summed E-state index contributed by atoms with van der Waals surface area (Å²) in [5, 5.41) is 19.0. The lowest BCUT2D eigenvalue weighted by Crippen LogP contribution is -2.46. The molecule has 1 spiro atoms. The third-order valence-electron chi connectivity index (χ3n) is 11.5. The van der Waals surface area contributed by atoms with Crippen molar-refractivity contribution in [2.75, 3.05) is 30.1 Å². The molecule has 4 aromatic rings. The van der Waals surface area contributed by atoms with E-state index in [0.717, 1.165) is 60.3 Å². The maximum Gasteiger partial charge on any atom is 0.264 e. The molecule has 11 nitrogen and oxygen atoms in total. The van der Waals surface area contributed by atoms with Crippen molar-refractivity contribution in [2.45, 2.75) is 94.8 Å². The molecule has 4 heterocycles. The van der Waals surface area contributed by atoms with Crippen molar-refractivity contribution in [2.24, 2.45) is 5.92 Å². The Morgan fingerprint density at radius 3 is 2.49 bits per heavy atom. The molecule has 12 heteroatoms. The van der Waals surface area contributed by atoms with Crippen LogP contribution < -0.4 is 14.5 Å². The molecule has 3 aromatic carbocycles. The van der Waals surface area contributed by atoms with Crippen molar-refractivity contribution < 1.29 is 29.0 Å². The van der Waals surface area contributed by atoms with E-state index < -0.39 is 20.0 Å². The number of ether oxygens (including phenoxy) is 2. The number of anilines is 2. The van der Waals surface area contributed by atoms with Crippen LogP contribution in [-0.4, -0.2) is 71.4 Å². The van der Waals surface area contributed by atoms with E-state index in [1.165, 1.54) is 0 Å². The quantitative estimate of drug-likeness (QED) is 0.176. The molecule has 280 valence electrons. The maximum absolute atomic E-state index is 15.0. The third kappa shape index (κ3) is 7.05. The van der Waals surface area contributed by atoms with Crippen molar-refractivity contribution in [3.63, 3.8) is 0 Å². The van der Waals surface area contributed by atoms with E-state index in [1.807, 2.05) is 104 Å². The summed E-state index contributed by atoms with van der Waals surface area (Å²) in [6, 6.07) is 23.4. The zero-order chi connectivity index (χ0) is 37.3. The molecule has 53 heavy (non-hydrogen) atoms. The SMILES string of the molecule is COc1ccc2c(c1)[C@@]1(O[C@H](CCn3cc(C(CO)c4ccccc4)nn3)[C@@H]([Si](C)(C)O)[C@@H]1C)C(=O)N2Cc1ccc(N2CCCCCCC2=O)cc1. The maximum atomic E-state index is 15.0. The Morgan fingerprint density at radius 2 is 1.77 bits per heavy atom. The van der Waals surface area contributed by atoms with Gasteiger partial charge >= 0.3 is 0 Å². The van der Waals surface area contributed by atoms with Crippen LogP contribution in [-0.2, 0) is 33.0 Å². The molecule has 3 aliphatic rings. The van der Waals surface area contributed by atoms with E-state index in [1.54, 1.807) is 16.7 Å². The molecule has 5 atom stereocenters. The highest BCUT2D eigenvalue weighted by Crippen LogP contribution is 2.60. The molecule has 2 saturated heterocycles. The monoisotopic (exact) mass is 737 g/mol. The van der Waals surface area contributed by atoms with Gasteiger partial charge in [0.15, 0.2) is 13.9 Å². The largest absolute Gasteiger partial charge is 0.497 e. The van der Waals surface area contributed by atoms with E-state index in [9.17, 15) is 19.5 Å². The minimum Gasteiger partial charge on any atom is -0.497 e. The summed E-state index contributed by atoms with van der Waals surface area (Å²) in [6.45, 7) is 7.30. The molecule has 1 aromatic heterocycles. The summed E-state index contributed by atoms with van der Waals surface area (Å²) in [4.78, 5) is 43.3. The van der Waals surface area contributed by atoms with Crippen LogP contribution in [0.5, 0.6) is 5.75 Å². The number of aromatic nitrogens is 3. The molecule has 2 fully saturated rings. The number of aryl methyl sites for hydroxylation is 1. The lowest BCUT2D eigenvalue weighted by Gasteiger charge is -2.32. The standard InChI is InChI=1S/C41H51N5O6Si/c1-28-39(53(3,4)50)37(21-23-44-26-35(42-43-44)33(27-47)30-12-8-7-9-13-30)52-41(28)34-24-32(51-2)19-20-36(34)46(40(41)49)25-29-15-17-31(18-16-29)45-22-11-6-5-10-14-38(45)48/h7-9,12-13,15-20,24,26,28,33,37,39,47,50H,5-6,10-11,14,21-23,25,27H2,1-4H3/t28-,33?,37+,39-,41+/m0/s1. The van der Waals surface area contributed by atoms with Gasteiger partial charge in [0, 0.05) is 48.4 Å². The first-order valence-electron chi connectivity index (χ1n) is 18.9. The van der Waals surface area contributed by atoms with Crippen LogP contribution in [0.15, 0.2) is 79.0 Å². The lowest BCUT2D eigenvalue weighted by molar-refractivity contribution is -0.146. The zero-order valence-electron chi connectivity index (χ0n) is 31.1. The zero-order valence-corrected chi connectivity index (χ0v) is 32.1. The summed E-state index contributed by atoms with van der Waals surface area (Å²) in [6.07, 6.45) is 6.65. The predicted octanol–water partition coefficient (Wildman–Crippen LogP) is 6.14. The molecule has 7 rings (SSSR count). The fraction of sp³-hybridized carbons (Fsp3) is 0.463. The molecule has 0 bridgehead atoms. The number of carbonyl (C=O) groups excluding carboxylic acids is 2. The molecule has 3 aliphatic heterocycles. The van der Waals surface area contributed by atoms with Crippen molar-refractivity contribution in [1.82, 2.24) is 15.0 Å². The van der Waals surface area contributed by atoms with Crippen molar-refractivity contribution >= 4 is 31.5 Å². The minimum absolute atomic E-state index is 0.0927. The van der Waals surface area contributed by atoms with Crippen LogP contribution in [0.1, 0.15) is 73.8 Å². The summed E-state index contributed by atoms with van der Waals surface area (Å²) in [7, 11) is -1.27. The normalized spacial score (nSPS) is 24.0. The number of hydrogen-bond donors (Lipinski definition) is 2. The van der Waals surface area contributed by atoms with Gasteiger partial charge in [-0.15, -0.1) is 5.10 Å². The van der Waals surface area contributed by atoms with Gasteiger partial charge in [-0.05, 0) is 73.8 Å². The number of nitrogens with zero attached hydrogens (tertiary/aromatic N) is 5. The summed E-state index contributed by atoms with van der Waals surface area (Å²) in [5.41, 5.74) is 3.41. The van der Waals surface area contributed by atoms with Crippen molar-refractivity contribution in [1.29, 1.82) is 0 Å². The van der Waals surface area contributed by atoms with Gasteiger partial charge < -0.3 is 29.2 Å². The van der Waals surface area contributed by atoms with Crippen molar-refractivity contribution in [3.8, 4) is 5.75 Å². The molecular formula is C41H51N5O6Si. The predicted molar refractivity (Wildman–Crippen MR) is 205 cm³/mol. The van der Waals surface area contributed by atoms with Gasteiger partial charge in [-0.3, -0.25) is 14.3 Å². The molecule has 0 radical (unpaired) electrons. The third-order valence-corrected chi connectivity index (χ3v) is 14.0. The molecule has 1 unspecified atom stereocenters. The van der Waals surface area contributed by atoms with Gasteiger partial charge in [0.2, 0.25) is 5.91 Å². The van der Waals surface area contributed by atoms with E-state index in [-0.39, 0.29) is 35.8 Å². The van der Waals surface area contributed by atoms with Gasteiger partial charge in [0.25, 0.3) is 5.91 Å². The Hall–Kier alpha value is -4.36. The van der Waals surface area contributed by atoms with Gasteiger partial charge in [0.1, 0.15) is 5.75 Å². The number of rotatable bonds is 11. The van der Waals surface area contributed by atoms with Crippen LogP contribution in [0, 0.1) is 5.92 Å². The van der Waals surface area contributed by atoms with Crippen molar-refractivity contribution in [3.05, 3.63) is 101 Å². The Bertz CT molecular complexity index is 1910. The second-order valence-electron chi connectivity index (χ2n) is 15.4. The fourth-order valence-corrected chi connectivity index (χ4v) is 11.5. The number of carbonyl (C=O) groups is 2. The Balaban J connectivity index is 1.15. The first-order valence-corrected chi connectivity index (χ1v) is 21.9. The summed E-state index contributed by atoms with van der Waals surface area (Å²) in [5.74, 6) is 0.0153. The van der Waals surface area contributed by atoms with Gasteiger partial charge in [-0.25, -0.2) is 0 Å². The smallest absolute Gasteiger partial charge is 0.264 e. The molecule has 0 saturated carbocycles. The molecular weight excluding hydrogens is 687 g/mol. The van der Waals surface area contributed by atoms with Crippen LogP contribution in [0.3, 0.4) is 0 Å². The second kappa shape index (κ2) is 15.2. The second-order valence-corrected chi connectivity index (χ2v) is 19.3. The fourth-order valence-electron chi connectivity index (χ4n) is 8.90. The summed E-state index contributed by atoms with van der Waals surface area (Å²) >= 11 is 0. The highest BCUT2D eigenvalue weighted by molar-refractivity contribution is 6.71. The van der Waals surface area contributed by atoms with Gasteiger partial charge in [-0.1, -0.05) is 67.4 Å². The number of fused-ring (bicyclic) bond motifs is 2. The van der Waals surface area contributed by atoms with E-state index >= 15 is 0 Å². The lowest BCUT2D eigenvalue weighted by atomic mass is 9.82. The number of aliphatic hydroxyl groups excluding tert-OH is 1. The van der Waals surface area contributed by atoms with Gasteiger partial charge in [-0.2, -0.15) is 0 Å². The van der Waals surface area contributed by atoms with Gasteiger partial charge in [0.05, 0.1) is 43.7 Å². The Morgan fingerprint density at radius 1 is 1.02 bits per heavy atom. The first kappa shape index (κ1) is 37.0. The van der Waals surface area contributed by atoms with Crippen LogP contribution >= 0.6 is 0 Å². The number of amides is 2. The van der Waals surface area contributed by atoms with Crippen LogP contribution in [0.2, 0.25) is 18.6 Å². The highest BCUT2D eigenvalue weighted by atomic mass is 28.4. The Labute approximate surface area is 312 Å². The molecule has 2 N–H and O–H groups in total. The number of methoxy groups -OCH3 is 1. The van der Waals surface area contributed by atoms with Crippen LogP contribution in [0.4, 0.5) is 11.4 Å². The average Bonchev–Trinajstić information content (AvgIpc) is 3.80. The molecule has 2 amide bonds. The highest BCUT2D eigenvalue weighted by Gasteiger charge is 2.66. The first-order chi connectivity index (χ1) is 25.5. The van der Waals surface area contributed by atoms with Crippen LogP contribution in [0.25, 0.3) is 0 Å². The number of benzene rings is 3. The number of hydrogen-bond acceptors (Lipinski definition) is 8. The average molecular weight is 738 g/mol. The summed E-state index contributed by atoms with van der Waals surface area (Å²) < 4.78 is 14.5. The molecule has 0 aliphatic carbocycles. The van der Waals surface area contributed by atoms with E-state index in [4.69, 9.17) is 9.47 Å². The minimum atomic E-state index is -2.89.